The molecule has 5 heteroatoms. The van der Waals surface area contributed by atoms with Gasteiger partial charge in [-0.3, -0.25) is 4.98 Å². The number of aryl methyl sites for hydroxylation is 2. The van der Waals surface area contributed by atoms with E-state index in [4.69, 9.17) is 9.82 Å². The third-order valence-electron chi connectivity index (χ3n) is 4.53. The molecule has 5 nitrogen and oxygen atoms in total. The van der Waals surface area contributed by atoms with Gasteiger partial charge >= 0.3 is 0 Å². The zero-order chi connectivity index (χ0) is 20.5. The lowest BCUT2D eigenvalue weighted by Gasteiger charge is -2.21. The van der Waals surface area contributed by atoms with E-state index >= 15 is 0 Å². The summed E-state index contributed by atoms with van der Waals surface area (Å²) in [5.41, 5.74) is 4.77. The number of pyridine rings is 2. The van der Waals surface area contributed by atoms with Crippen molar-refractivity contribution in [3.63, 3.8) is 0 Å². The molecule has 0 N–H and O–H groups in total. The monoisotopic (exact) mass is 380 g/mol. The molecule has 0 amide bonds. The summed E-state index contributed by atoms with van der Waals surface area (Å²) in [6.07, 6.45) is 5.88. The molecule has 0 unspecified atom stereocenters. The maximum Gasteiger partial charge on any atom is 0.161 e. The first-order chi connectivity index (χ1) is 13.5. The minimum absolute atomic E-state index is 0.769. The predicted molar refractivity (Wildman–Crippen MR) is 118 cm³/mol. The maximum absolute atomic E-state index is 5.93. The highest BCUT2D eigenvalue weighted by atomic mass is 16.6. The fourth-order valence-electron chi connectivity index (χ4n) is 2.93. The van der Waals surface area contributed by atoms with Gasteiger partial charge in [-0.1, -0.05) is 18.5 Å². The molecule has 0 atom stereocenters. The van der Waals surface area contributed by atoms with Crippen LogP contribution in [-0.4, -0.2) is 28.8 Å². The van der Waals surface area contributed by atoms with Crippen molar-refractivity contribution in [3.8, 4) is 0 Å². The first-order valence-corrected chi connectivity index (χ1v) is 10.1. The Kier molecular flexibility index (Phi) is 8.18. The average Bonchev–Trinajstić information content (AvgIpc) is 2.68. The second kappa shape index (κ2) is 10.6. The molecular formula is C23H32N4O. The van der Waals surface area contributed by atoms with Crippen LogP contribution in [0.4, 0.5) is 5.82 Å². The van der Waals surface area contributed by atoms with Crippen LogP contribution in [0.2, 0.25) is 0 Å². The van der Waals surface area contributed by atoms with Gasteiger partial charge in [0.15, 0.2) is 5.76 Å². The zero-order valence-corrected chi connectivity index (χ0v) is 18.0. The molecule has 2 rings (SSSR count). The van der Waals surface area contributed by atoms with Crippen molar-refractivity contribution in [2.75, 3.05) is 18.0 Å². The van der Waals surface area contributed by atoms with Gasteiger partial charge in [0.05, 0.1) is 5.71 Å². The van der Waals surface area contributed by atoms with Crippen LogP contribution in [0.1, 0.15) is 63.1 Å². The second-order valence-electron chi connectivity index (χ2n) is 6.84. The van der Waals surface area contributed by atoms with Crippen LogP contribution in [0.3, 0.4) is 0 Å². The fourth-order valence-corrected chi connectivity index (χ4v) is 2.93. The molecule has 0 aliphatic rings. The number of nitrogens with zero attached hydrogens (tertiary/aromatic N) is 4. The number of unbranched alkanes of at least 4 members (excludes halogenated alkanes) is 1. The van der Waals surface area contributed by atoms with Crippen molar-refractivity contribution < 1.29 is 4.84 Å². The lowest BCUT2D eigenvalue weighted by molar-refractivity contribution is 0.296. The molecule has 0 aliphatic carbocycles. The van der Waals surface area contributed by atoms with Gasteiger partial charge < -0.3 is 9.74 Å². The highest BCUT2D eigenvalue weighted by Gasteiger charge is 2.11. The average molecular weight is 381 g/mol. The van der Waals surface area contributed by atoms with E-state index in [1.807, 2.05) is 32.9 Å². The highest BCUT2D eigenvalue weighted by Crippen LogP contribution is 2.23. The standard InChI is InChI=1S/C23H32N4O/c1-7-10-11-22(28-26-19(6)20-12-13-24-17(4)14-20)21-15-18(5)25-23(16-21)27(8-2)9-3/h11-16H,7-10H2,1-6H3/b22-11+,26-19+. The molecule has 0 bridgehead atoms. The number of oxime groups is 1. The number of hydrogen-bond donors (Lipinski definition) is 0. The lowest BCUT2D eigenvalue weighted by Crippen LogP contribution is -2.23. The van der Waals surface area contributed by atoms with Crippen molar-refractivity contribution in [1.29, 1.82) is 0 Å². The molecule has 28 heavy (non-hydrogen) atoms. The maximum atomic E-state index is 5.93. The summed E-state index contributed by atoms with van der Waals surface area (Å²) in [6, 6.07) is 8.09. The molecule has 150 valence electrons. The van der Waals surface area contributed by atoms with Crippen LogP contribution >= 0.6 is 0 Å². The van der Waals surface area contributed by atoms with Crippen molar-refractivity contribution in [1.82, 2.24) is 9.97 Å². The Morgan fingerprint density at radius 2 is 1.79 bits per heavy atom. The molecule has 0 radical (unpaired) electrons. The van der Waals surface area contributed by atoms with Crippen LogP contribution in [0.25, 0.3) is 5.76 Å². The summed E-state index contributed by atoms with van der Waals surface area (Å²) in [7, 11) is 0. The van der Waals surface area contributed by atoms with E-state index in [0.717, 1.165) is 65.7 Å². The van der Waals surface area contributed by atoms with Gasteiger partial charge in [-0.05, 0) is 71.4 Å². The minimum atomic E-state index is 0.769. The molecule has 2 heterocycles. The van der Waals surface area contributed by atoms with E-state index in [1.165, 1.54) is 0 Å². The van der Waals surface area contributed by atoms with Crippen molar-refractivity contribution >= 4 is 17.3 Å². The van der Waals surface area contributed by atoms with Gasteiger partial charge in [0, 0.05) is 41.8 Å². The third-order valence-corrected chi connectivity index (χ3v) is 4.53. The van der Waals surface area contributed by atoms with Crippen LogP contribution in [0, 0.1) is 13.8 Å². The van der Waals surface area contributed by atoms with Crippen molar-refractivity contribution in [2.24, 2.45) is 5.16 Å². The minimum Gasteiger partial charge on any atom is -0.357 e. The lowest BCUT2D eigenvalue weighted by atomic mass is 10.1. The smallest absolute Gasteiger partial charge is 0.161 e. The Morgan fingerprint density at radius 3 is 2.43 bits per heavy atom. The summed E-state index contributed by atoms with van der Waals surface area (Å²) in [6.45, 7) is 14.2. The molecule has 2 aromatic rings. The van der Waals surface area contributed by atoms with Gasteiger partial charge in [0.25, 0.3) is 0 Å². The summed E-state index contributed by atoms with van der Waals surface area (Å²) in [4.78, 5) is 17.1. The van der Waals surface area contributed by atoms with Crippen LogP contribution in [0.15, 0.2) is 41.7 Å². The summed E-state index contributed by atoms with van der Waals surface area (Å²) >= 11 is 0. The predicted octanol–water partition coefficient (Wildman–Crippen LogP) is 5.52. The van der Waals surface area contributed by atoms with E-state index in [0.29, 0.717) is 0 Å². The highest BCUT2D eigenvalue weighted by molar-refractivity contribution is 5.98. The van der Waals surface area contributed by atoms with E-state index in [2.05, 4.69) is 54.0 Å². The van der Waals surface area contributed by atoms with Crippen LogP contribution in [-0.2, 0) is 4.84 Å². The molecule has 2 aromatic heterocycles. The third kappa shape index (κ3) is 5.91. The van der Waals surface area contributed by atoms with Gasteiger partial charge in [0.2, 0.25) is 0 Å². The molecule has 0 saturated heterocycles. The van der Waals surface area contributed by atoms with E-state index in [9.17, 15) is 0 Å². The largest absolute Gasteiger partial charge is 0.357 e. The van der Waals surface area contributed by atoms with Gasteiger partial charge in [-0.25, -0.2) is 4.98 Å². The number of anilines is 1. The van der Waals surface area contributed by atoms with E-state index < -0.39 is 0 Å². The van der Waals surface area contributed by atoms with Crippen molar-refractivity contribution in [2.45, 2.75) is 54.4 Å². The quantitative estimate of drug-likeness (QED) is 0.326. The van der Waals surface area contributed by atoms with Gasteiger partial charge in [0.1, 0.15) is 5.82 Å². The molecule has 0 aliphatic heterocycles. The second-order valence-corrected chi connectivity index (χ2v) is 6.84. The first-order valence-electron chi connectivity index (χ1n) is 10.1. The Balaban J connectivity index is 2.35. The van der Waals surface area contributed by atoms with Gasteiger partial charge in [-0.2, -0.15) is 0 Å². The normalized spacial score (nSPS) is 12.2. The Hall–Kier alpha value is -2.69. The Morgan fingerprint density at radius 1 is 1.07 bits per heavy atom. The van der Waals surface area contributed by atoms with Crippen LogP contribution in [0.5, 0.6) is 0 Å². The topological polar surface area (TPSA) is 50.6 Å². The van der Waals surface area contributed by atoms with E-state index in [-0.39, 0.29) is 0 Å². The van der Waals surface area contributed by atoms with E-state index in [1.54, 1.807) is 6.20 Å². The first kappa shape index (κ1) is 21.6. The Bertz CT molecular complexity index is 838. The SMILES string of the molecule is CCC/C=C(/O/N=C(\C)c1ccnc(C)c1)c1cc(C)nc(N(CC)CC)c1. The summed E-state index contributed by atoms with van der Waals surface area (Å²) in [5.74, 6) is 1.74. The van der Waals surface area contributed by atoms with Crippen molar-refractivity contribution in [3.05, 3.63) is 59.1 Å². The molecule has 0 spiro atoms. The number of aromatic nitrogens is 2. The van der Waals surface area contributed by atoms with Crippen LogP contribution < -0.4 is 4.90 Å². The zero-order valence-electron chi connectivity index (χ0n) is 18.0. The number of hydrogen-bond acceptors (Lipinski definition) is 5. The number of allylic oxidation sites excluding steroid dienone is 1. The van der Waals surface area contributed by atoms with Gasteiger partial charge in [-0.15, -0.1) is 0 Å². The molecule has 0 fully saturated rings. The Labute approximate surface area is 169 Å². The number of rotatable bonds is 9. The molecule has 0 saturated carbocycles. The summed E-state index contributed by atoms with van der Waals surface area (Å²) < 4.78 is 0. The summed E-state index contributed by atoms with van der Waals surface area (Å²) in [5, 5.41) is 4.40. The molecule has 0 aromatic carbocycles. The molecular weight excluding hydrogens is 348 g/mol. The fraction of sp³-hybridized carbons (Fsp3) is 0.435.